The van der Waals surface area contributed by atoms with Crippen LogP contribution in [0.3, 0.4) is 0 Å². The number of carbonyl (C=O) groups excluding carboxylic acids is 1. The summed E-state index contributed by atoms with van der Waals surface area (Å²) in [5.41, 5.74) is 0.925. The third kappa shape index (κ3) is 6.02. The van der Waals surface area contributed by atoms with Gasteiger partial charge in [-0.3, -0.25) is 9.78 Å². The van der Waals surface area contributed by atoms with Crippen molar-refractivity contribution in [1.29, 1.82) is 0 Å². The molecule has 0 saturated carbocycles. The van der Waals surface area contributed by atoms with Crippen molar-refractivity contribution in [3.8, 4) is 0 Å². The second-order valence-electron chi connectivity index (χ2n) is 4.32. The van der Waals surface area contributed by atoms with Crippen LogP contribution in [0, 0.1) is 5.92 Å². The van der Waals surface area contributed by atoms with Crippen LogP contribution >= 0.6 is 0 Å². The van der Waals surface area contributed by atoms with E-state index in [1.165, 1.54) is 0 Å². The van der Waals surface area contributed by atoms with Gasteiger partial charge < -0.3 is 10.4 Å². The van der Waals surface area contributed by atoms with Crippen LogP contribution in [0.25, 0.3) is 0 Å². The number of pyridine rings is 1. The number of aliphatic hydroxyl groups excluding tert-OH is 1. The quantitative estimate of drug-likeness (QED) is 0.698. The minimum absolute atomic E-state index is 0.0228. The van der Waals surface area contributed by atoms with Gasteiger partial charge in [0.15, 0.2) is 0 Å². The maximum Gasteiger partial charge on any atom is 0.224 e. The van der Waals surface area contributed by atoms with E-state index in [2.05, 4.69) is 10.3 Å². The Morgan fingerprint density at radius 2 is 2.41 bits per heavy atom. The van der Waals surface area contributed by atoms with Crippen molar-refractivity contribution in [2.45, 2.75) is 26.2 Å². The average Bonchev–Trinajstić information content (AvgIpc) is 2.35. The first-order valence-corrected chi connectivity index (χ1v) is 5.99. The van der Waals surface area contributed by atoms with Gasteiger partial charge in [-0.2, -0.15) is 0 Å². The Morgan fingerprint density at radius 3 is 3.06 bits per heavy atom. The Morgan fingerprint density at radius 1 is 1.59 bits per heavy atom. The Bertz CT molecular complexity index is 327. The number of aromatic nitrogens is 1. The van der Waals surface area contributed by atoms with E-state index in [0.717, 1.165) is 18.4 Å². The van der Waals surface area contributed by atoms with Crippen molar-refractivity contribution in [2.24, 2.45) is 5.92 Å². The normalized spacial score (nSPS) is 12.1. The van der Waals surface area contributed by atoms with Crippen LogP contribution in [0.15, 0.2) is 24.5 Å². The number of hydrogen-bond acceptors (Lipinski definition) is 3. The molecular formula is C13H20N2O2. The lowest BCUT2D eigenvalue weighted by Crippen LogP contribution is -2.26. The molecule has 17 heavy (non-hydrogen) atoms. The van der Waals surface area contributed by atoms with Crippen LogP contribution in [0.5, 0.6) is 0 Å². The largest absolute Gasteiger partial charge is 0.396 e. The topological polar surface area (TPSA) is 62.2 Å². The van der Waals surface area contributed by atoms with Gasteiger partial charge in [0.2, 0.25) is 5.91 Å². The highest BCUT2D eigenvalue weighted by molar-refractivity contribution is 5.78. The van der Waals surface area contributed by atoms with Gasteiger partial charge in [-0.25, -0.2) is 0 Å². The molecule has 1 amide bonds. The molecule has 0 aromatic carbocycles. The lowest BCUT2D eigenvalue weighted by molar-refractivity contribution is -0.120. The van der Waals surface area contributed by atoms with Crippen LogP contribution < -0.4 is 5.32 Å². The summed E-state index contributed by atoms with van der Waals surface area (Å²) in [5.74, 6) is 0.333. The number of nitrogens with zero attached hydrogens (tertiary/aromatic N) is 1. The van der Waals surface area contributed by atoms with E-state index in [0.29, 0.717) is 18.9 Å². The van der Waals surface area contributed by atoms with Crippen molar-refractivity contribution < 1.29 is 9.90 Å². The molecule has 1 heterocycles. The molecule has 0 saturated heterocycles. The summed E-state index contributed by atoms with van der Waals surface area (Å²) < 4.78 is 0. The number of carbonyl (C=O) groups is 1. The van der Waals surface area contributed by atoms with Crippen LogP contribution in [0.2, 0.25) is 0 Å². The Kier molecular flexibility index (Phi) is 6.25. The number of hydrogen-bond donors (Lipinski definition) is 2. The van der Waals surface area contributed by atoms with Crippen LogP contribution in [-0.4, -0.2) is 29.1 Å². The lowest BCUT2D eigenvalue weighted by Gasteiger charge is -2.08. The monoisotopic (exact) mass is 236 g/mol. The summed E-state index contributed by atoms with van der Waals surface area (Å²) in [6, 6.07) is 3.71. The van der Waals surface area contributed by atoms with Gasteiger partial charge in [-0.1, -0.05) is 13.0 Å². The second kappa shape index (κ2) is 7.79. The molecule has 0 aliphatic carbocycles. The zero-order chi connectivity index (χ0) is 12.5. The Hall–Kier alpha value is -1.42. The highest BCUT2D eigenvalue weighted by Crippen LogP contribution is 2.02. The van der Waals surface area contributed by atoms with Crippen LogP contribution in [0.1, 0.15) is 25.3 Å². The summed E-state index contributed by atoms with van der Waals surface area (Å²) in [4.78, 5) is 15.5. The average molecular weight is 236 g/mol. The fourth-order valence-electron chi connectivity index (χ4n) is 1.52. The van der Waals surface area contributed by atoms with E-state index < -0.39 is 0 Å². The smallest absolute Gasteiger partial charge is 0.224 e. The zero-order valence-corrected chi connectivity index (χ0v) is 10.2. The minimum Gasteiger partial charge on any atom is -0.396 e. The summed E-state index contributed by atoms with van der Waals surface area (Å²) >= 11 is 0. The summed E-state index contributed by atoms with van der Waals surface area (Å²) in [6.07, 6.45) is 5.61. The molecule has 0 fully saturated rings. The summed E-state index contributed by atoms with van der Waals surface area (Å²) in [6.45, 7) is 2.88. The van der Waals surface area contributed by atoms with Gasteiger partial charge in [0, 0.05) is 25.5 Å². The number of nitrogens with one attached hydrogen (secondary N) is 1. The number of amides is 1. The van der Waals surface area contributed by atoms with E-state index >= 15 is 0 Å². The van der Waals surface area contributed by atoms with Gasteiger partial charge in [0.1, 0.15) is 0 Å². The molecule has 94 valence electrons. The molecule has 0 radical (unpaired) electrons. The van der Waals surface area contributed by atoms with Crippen LogP contribution in [0.4, 0.5) is 0 Å². The van der Waals surface area contributed by atoms with Gasteiger partial charge in [0.05, 0.1) is 6.42 Å². The molecule has 0 aliphatic heterocycles. The molecule has 2 N–H and O–H groups in total. The molecule has 1 atom stereocenters. The minimum atomic E-state index is 0.0228. The molecule has 4 nitrogen and oxygen atoms in total. The van der Waals surface area contributed by atoms with Crippen molar-refractivity contribution in [3.05, 3.63) is 30.1 Å². The first-order valence-electron chi connectivity index (χ1n) is 5.99. The Balaban J connectivity index is 2.14. The van der Waals surface area contributed by atoms with E-state index in [1.54, 1.807) is 12.4 Å². The summed E-state index contributed by atoms with van der Waals surface area (Å²) in [7, 11) is 0. The third-order valence-electron chi connectivity index (χ3n) is 2.60. The SMILES string of the molecule is CC(CO)CCCNC(=O)Cc1cccnc1. The maximum absolute atomic E-state index is 11.5. The van der Waals surface area contributed by atoms with Gasteiger partial charge in [0.25, 0.3) is 0 Å². The highest BCUT2D eigenvalue weighted by Gasteiger charge is 2.03. The number of aliphatic hydroxyl groups is 1. The van der Waals surface area contributed by atoms with Crippen molar-refractivity contribution in [3.63, 3.8) is 0 Å². The summed E-state index contributed by atoms with van der Waals surface area (Å²) in [5, 5.41) is 11.7. The van der Waals surface area contributed by atoms with Gasteiger partial charge >= 0.3 is 0 Å². The lowest BCUT2D eigenvalue weighted by atomic mass is 10.1. The van der Waals surface area contributed by atoms with E-state index in [-0.39, 0.29) is 12.5 Å². The fourth-order valence-corrected chi connectivity index (χ4v) is 1.52. The maximum atomic E-state index is 11.5. The second-order valence-corrected chi connectivity index (χ2v) is 4.32. The fraction of sp³-hybridized carbons (Fsp3) is 0.538. The van der Waals surface area contributed by atoms with Crippen molar-refractivity contribution in [1.82, 2.24) is 10.3 Å². The molecular weight excluding hydrogens is 216 g/mol. The molecule has 0 spiro atoms. The molecule has 0 aliphatic rings. The Labute approximate surface area is 102 Å². The van der Waals surface area contributed by atoms with E-state index in [4.69, 9.17) is 5.11 Å². The van der Waals surface area contributed by atoms with Crippen molar-refractivity contribution >= 4 is 5.91 Å². The first kappa shape index (κ1) is 13.6. The molecule has 4 heteroatoms. The first-order chi connectivity index (χ1) is 8.22. The van der Waals surface area contributed by atoms with Gasteiger partial charge in [-0.15, -0.1) is 0 Å². The third-order valence-corrected chi connectivity index (χ3v) is 2.60. The van der Waals surface area contributed by atoms with Gasteiger partial charge in [-0.05, 0) is 30.4 Å². The molecule has 1 unspecified atom stereocenters. The molecule has 1 rings (SSSR count). The number of rotatable bonds is 7. The zero-order valence-electron chi connectivity index (χ0n) is 10.2. The molecule has 1 aromatic heterocycles. The standard InChI is InChI=1S/C13H20N2O2/c1-11(10-16)4-2-7-15-13(17)8-12-5-3-6-14-9-12/h3,5-6,9,11,16H,2,4,7-8,10H2,1H3,(H,15,17). The molecule has 0 bridgehead atoms. The predicted octanol–water partition coefficient (Wildman–Crippen LogP) is 1.15. The van der Waals surface area contributed by atoms with Crippen molar-refractivity contribution in [2.75, 3.05) is 13.2 Å². The van der Waals surface area contributed by atoms with Crippen LogP contribution in [-0.2, 0) is 11.2 Å². The van der Waals surface area contributed by atoms with E-state index in [1.807, 2.05) is 19.1 Å². The van der Waals surface area contributed by atoms with E-state index in [9.17, 15) is 4.79 Å². The predicted molar refractivity (Wildman–Crippen MR) is 66.4 cm³/mol. The molecule has 1 aromatic rings. The highest BCUT2D eigenvalue weighted by atomic mass is 16.3.